The van der Waals surface area contributed by atoms with E-state index < -0.39 is 11.6 Å². The topological polar surface area (TPSA) is 83.0 Å². The Hall–Kier alpha value is -3.13. The Morgan fingerprint density at radius 2 is 1.73 bits per heavy atom. The molecule has 134 valence electrons. The van der Waals surface area contributed by atoms with E-state index in [0.29, 0.717) is 29.6 Å². The van der Waals surface area contributed by atoms with Gasteiger partial charge in [-0.2, -0.15) is 4.98 Å². The average Bonchev–Trinajstić information content (AvgIpc) is 2.68. The molecule has 0 amide bonds. The van der Waals surface area contributed by atoms with Gasteiger partial charge in [-0.05, 0) is 29.8 Å². The van der Waals surface area contributed by atoms with Crippen molar-refractivity contribution < 1.29 is 13.9 Å². The Morgan fingerprint density at radius 3 is 2.46 bits per heavy atom. The number of pyridine rings is 1. The van der Waals surface area contributed by atoms with Gasteiger partial charge in [0.2, 0.25) is 5.95 Å². The number of hydrogen-bond acceptors (Lipinski definition) is 6. The summed E-state index contributed by atoms with van der Waals surface area (Å²) in [7, 11) is 0. The minimum absolute atomic E-state index is 0.0551. The van der Waals surface area contributed by atoms with Crippen LogP contribution in [0.15, 0.2) is 48.8 Å². The number of hydrogen-bond donors (Lipinski definition) is 3. The number of halogens is 2. The zero-order valence-corrected chi connectivity index (χ0v) is 13.8. The van der Waals surface area contributed by atoms with E-state index in [0.717, 1.165) is 17.7 Å². The molecule has 0 spiro atoms. The number of aromatic nitrogens is 3. The summed E-state index contributed by atoms with van der Waals surface area (Å²) in [5, 5.41) is 15.0. The second kappa shape index (κ2) is 8.30. The van der Waals surface area contributed by atoms with E-state index in [-0.39, 0.29) is 13.2 Å². The lowest BCUT2D eigenvalue weighted by Crippen LogP contribution is -2.11. The van der Waals surface area contributed by atoms with Crippen LogP contribution in [0.5, 0.6) is 0 Å². The molecule has 0 fully saturated rings. The fourth-order valence-corrected chi connectivity index (χ4v) is 2.30. The molecule has 0 aliphatic heterocycles. The molecule has 6 nitrogen and oxygen atoms in total. The van der Waals surface area contributed by atoms with Gasteiger partial charge in [0, 0.05) is 37.1 Å². The molecule has 2 aromatic heterocycles. The molecule has 0 atom stereocenters. The number of aliphatic hydroxyl groups is 1. The van der Waals surface area contributed by atoms with Gasteiger partial charge in [0.25, 0.3) is 0 Å². The van der Waals surface area contributed by atoms with Gasteiger partial charge < -0.3 is 15.7 Å². The van der Waals surface area contributed by atoms with Crippen LogP contribution < -0.4 is 10.6 Å². The molecular formula is C18H17F2N5O. The second-order valence-electron chi connectivity index (χ2n) is 5.45. The number of nitrogens with one attached hydrogen (secondary N) is 2. The summed E-state index contributed by atoms with van der Waals surface area (Å²) in [6.07, 6.45) is 3.32. The third-order valence-corrected chi connectivity index (χ3v) is 3.55. The van der Waals surface area contributed by atoms with E-state index in [1.54, 1.807) is 18.5 Å². The van der Waals surface area contributed by atoms with Crippen LogP contribution in [0.2, 0.25) is 0 Å². The molecule has 3 aromatic rings. The Kier molecular flexibility index (Phi) is 5.65. The van der Waals surface area contributed by atoms with E-state index >= 15 is 0 Å². The van der Waals surface area contributed by atoms with Crippen LogP contribution in [0.3, 0.4) is 0 Å². The van der Waals surface area contributed by atoms with Gasteiger partial charge in [-0.25, -0.2) is 13.8 Å². The molecule has 0 radical (unpaired) electrons. The zero-order valence-electron chi connectivity index (χ0n) is 13.8. The molecule has 1 aromatic carbocycles. The lowest BCUT2D eigenvalue weighted by molar-refractivity contribution is 0.311. The van der Waals surface area contributed by atoms with Crippen molar-refractivity contribution in [3.05, 3.63) is 66.0 Å². The Balaban J connectivity index is 1.83. The van der Waals surface area contributed by atoms with Crippen LogP contribution in [-0.2, 0) is 6.54 Å². The van der Waals surface area contributed by atoms with Crippen LogP contribution in [0.4, 0.5) is 20.5 Å². The van der Waals surface area contributed by atoms with Crippen LogP contribution in [-0.4, -0.2) is 33.2 Å². The molecule has 0 aliphatic carbocycles. The Bertz CT molecular complexity index is 877. The maximum absolute atomic E-state index is 13.3. The molecule has 3 N–H and O–H groups in total. The molecule has 26 heavy (non-hydrogen) atoms. The number of nitrogens with zero attached hydrogens (tertiary/aromatic N) is 3. The van der Waals surface area contributed by atoms with Crippen LogP contribution in [0.25, 0.3) is 11.3 Å². The number of anilines is 2. The first-order valence-corrected chi connectivity index (χ1v) is 7.98. The van der Waals surface area contributed by atoms with Gasteiger partial charge in [-0.1, -0.05) is 6.07 Å². The van der Waals surface area contributed by atoms with Crippen molar-refractivity contribution in [1.29, 1.82) is 0 Å². The number of benzene rings is 1. The fourth-order valence-electron chi connectivity index (χ4n) is 2.30. The van der Waals surface area contributed by atoms with Crippen LogP contribution >= 0.6 is 0 Å². The smallest absolute Gasteiger partial charge is 0.225 e. The standard InChI is InChI=1S/C18H17F2N5O/c19-14-2-1-12(9-15(14)20)11-23-17-10-16(13-3-5-21-6-4-13)24-18(25-17)22-7-8-26/h1-6,9-10,26H,7-8,11H2,(H2,22,23,24,25). The maximum atomic E-state index is 13.3. The Labute approximate surface area is 149 Å². The molecule has 0 saturated heterocycles. The summed E-state index contributed by atoms with van der Waals surface area (Å²) >= 11 is 0. The summed E-state index contributed by atoms with van der Waals surface area (Å²) in [6, 6.07) is 9.11. The fraction of sp³-hybridized carbons (Fsp3) is 0.167. The average molecular weight is 357 g/mol. The van der Waals surface area contributed by atoms with Gasteiger partial charge in [0.15, 0.2) is 11.6 Å². The summed E-state index contributed by atoms with van der Waals surface area (Å²) in [5.74, 6) is -0.917. The molecule has 3 rings (SSSR count). The van der Waals surface area contributed by atoms with Gasteiger partial charge in [-0.15, -0.1) is 0 Å². The Morgan fingerprint density at radius 1 is 0.923 bits per heavy atom. The predicted octanol–water partition coefficient (Wildman–Crippen LogP) is 2.83. The quantitative estimate of drug-likeness (QED) is 0.603. The highest BCUT2D eigenvalue weighted by molar-refractivity contribution is 5.63. The summed E-state index contributed by atoms with van der Waals surface area (Å²) in [5.41, 5.74) is 2.10. The van der Waals surface area contributed by atoms with E-state index in [1.165, 1.54) is 6.07 Å². The highest BCUT2D eigenvalue weighted by atomic mass is 19.2. The minimum Gasteiger partial charge on any atom is -0.395 e. The zero-order chi connectivity index (χ0) is 18.4. The molecule has 0 saturated carbocycles. The van der Waals surface area contributed by atoms with Crippen molar-refractivity contribution >= 4 is 11.8 Å². The lowest BCUT2D eigenvalue weighted by atomic mass is 10.2. The van der Waals surface area contributed by atoms with E-state index in [2.05, 4.69) is 25.6 Å². The summed E-state index contributed by atoms with van der Waals surface area (Å²) < 4.78 is 26.3. The number of rotatable bonds is 7. The van der Waals surface area contributed by atoms with Gasteiger partial charge >= 0.3 is 0 Å². The molecule has 2 heterocycles. The number of aliphatic hydroxyl groups excluding tert-OH is 1. The van der Waals surface area contributed by atoms with Gasteiger partial charge in [0.05, 0.1) is 12.3 Å². The monoisotopic (exact) mass is 357 g/mol. The normalized spacial score (nSPS) is 10.6. The summed E-state index contributed by atoms with van der Waals surface area (Å²) in [4.78, 5) is 12.7. The van der Waals surface area contributed by atoms with Crippen molar-refractivity contribution in [2.45, 2.75) is 6.54 Å². The molecular weight excluding hydrogens is 340 g/mol. The van der Waals surface area contributed by atoms with Gasteiger partial charge in [0.1, 0.15) is 5.82 Å². The van der Waals surface area contributed by atoms with Crippen LogP contribution in [0.1, 0.15) is 5.56 Å². The third-order valence-electron chi connectivity index (χ3n) is 3.55. The molecule has 0 aliphatic rings. The van der Waals surface area contributed by atoms with Crippen molar-refractivity contribution in [2.24, 2.45) is 0 Å². The summed E-state index contributed by atoms with van der Waals surface area (Å²) in [6.45, 7) is 0.520. The second-order valence-corrected chi connectivity index (χ2v) is 5.45. The van der Waals surface area contributed by atoms with Crippen molar-refractivity contribution in [1.82, 2.24) is 15.0 Å². The van der Waals surface area contributed by atoms with E-state index in [1.807, 2.05) is 12.1 Å². The van der Waals surface area contributed by atoms with E-state index in [4.69, 9.17) is 5.11 Å². The minimum atomic E-state index is -0.894. The highest BCUT2D eigenvalue weighted by Gasteiger charge is 2.08. The van der Waals surface area contributed by atoms with E-state index in [9.17, 15) is 8.78 Å². The molecule has 0 unspecified atom stereocenters. The molecule has 8 heteroatoms. The lowest BCUT2D eigenvalue weighted by Gasteiger charge is -2.11. The first-order chi connectivity index (χ1) is 12.7. The molecule has 0 bridgehead atoms. The highest BCUT2D eigenvalue weighted by Crippen LogP contribution is 2.21. The van der Waals surface area contributed by atoms with Gasteiger partial charge in [-0.3, -0.25) is 4.98 Å². The van der Waals surface area contributed by atoms with Crippen molar-refractivity contribution in [2.75, 3.05) is 23.8 Å². The third kappa shape index (κ3) is 4.48. The predicted molar refractivity (Wildman–Crippen MR) is 94.5 cm³/mol. The first kappa shape index (κ1) is 17.7. The van der Waals surface area contributed by atoms with Crippen molar-refractivity contribution in [3.8, 4) is 11.3 Å². The van der Waals surface area contributed by atoms with Crippen molar-refractivity contribution in [3.63, 3.8) is 0 Å². The SMILES string of the molecule is OCCNc1nc(NCc2ccc(F)c(F)c2)cc(-c2ccncc2)n1. The van der Waals surface area contributed by atoms with Crippen LogP contribution in [0, 0.1) is 11.6 Å². The first-order valence-electron chi connectivity index (χ1n) is 7.98. The largest absolute Gasteiger partial charge is 0.395 e. The maximum Gasteiger partial charge on any atom is 0.225 e.